The Morgan fingerprint density at radius 2 is 1.36 bits per heavy atom. The van der Waals surface area contributed by atoms with E-state index in [1.165, 1.54) is 0 Å². The summed E-state index contributed by atoms with van der Waals surface area (Å²) in [5, 5.41) is 9.72. The zero-order valence-electron chi connectivity index (χ0n) is 21.7. The molecule has 0 radical (unpaired) electrons. The third-order valence-electron chi connectivity index (χ3n) is 6.91. The van der Waals surface area contributed by atoms with Gasteiger partial charge in [0.05, 0.1) is 12.6 Å². The van der Waals surface area contributed by atoms with Crippen molar-refractivity contribution in [2.24, 2.45) is 0 Å². The Labute approximate surface area is 229 Å². The molecule has 0 atom stereocenters. The summed E-state index contributed by atoms with van der Waals surface area (Å²) in [5.41, 5.74) is 5.00. The summed E-state index contributed by atoms with van der Waals surface area (Å²) in [6.07, 6.45) is 6.10. The molecule has 0 saturated carbocycles. The van der Waals surface area contributed by atoms with E-state index in [0.717, 1.165) is 28.1 Å². The Kier molecular flexibility index (Phi) is 7.39. The predicted octanol–water partition coefficient (Wildman–Crippen LogP) is 8.41. The second kappa shape index (κ2) is 11.4. The van der Waals surface area contributed by atoms with Crippen molar-refractivity contribution in [3.8, 4) is 6.07 Å². The molecule has 5 rings (SSSR count). The van der Waals surface area contributed by atoms with Gasteiger partial charge in [0.1, 0.15) is 5.76 Å². The minimum atomic E-state index is -0.874. The van der Waals surface area contributed by atoms with Crippen LogP contribution in [0.2, 0.25) is 0 Å². The van der Waals surface area contributed by atoms with Crippen LogP contribution in [0.5, 0.6) is 0 Å². The fourth-order valence-electron chi connectivity index (χ4n) is 4.85. The molecule has 4 heteroatoms. The highest BCUT2D eigenvalue weighted by Gasteiger charge is 2.40. The summed E-state index contributed by atoms with van der Waals surface area (Å²) in [7, 11) is 2.05. The van der Waals surface area contributed by atoms with Gasteiger partial charge < -0.3 is 9.64 Å². The van der Waals surface area contributed by atoms with Gasteiger partial charge in [-0.2, -0.15) is 0 Å². The molecule has 1 aliphatic rings. The number of para-hydroxylation sites is 1. The lowest BCUT2D eigenvalue weighted by Crippen LogP contribution is -2.34. The highest BCUT2D eigenvalue weighted by Crippen LogP contribution is 2.45. The van der Waals surface area contributed by atoms with Gasteiger partial charge in [-0.25, -0.2) is 10.1 Å². The van der Waals surface area contributed by atoms with E-state index in [9.17, 15) is 5.26 Å². The van der Waals surface area contributed by atoms with Crippen LogP contribution >= 0.6 is 0 Å². The SMILES string of the molecule is [C-]#[N+]C(C#N)=C1C=C(C=Cc2ccc(N(C)c3ccccc3)cc2)OC(c2ccccc2)(c2ccccc2)C1. The maximum Gasteiger partial charge on any atom is 0.265 e. The Morgan fingerprint density at radius 1 is 0.821 bits per heavy atom. The predicted molar refractivity (Wildman–Crippen MR) is 157 cm³/mol. The van der Waals surface area contributed by atoms with Gasteiger partial charge in [-0.3, -0.25) is 0 Å². The number of benzene rings is 4. The first-order valence-corrected chi connectivity index (χ1v) is 12.7. The molecule has 4 aromatic carbocycles. The largest absolute Gasteiger partial charge is 0.478 e. The molecule has 4 nitrogen and oxygen atoms in total. The standard InChI is InChI=1S/C35H27N3O/c1-37-34(26-36)28-24-33(23-20-27-18-21-32(22-19-27)38(2)31-16-10-5-11-17-31)39-35(25-28,29-12-6-3-7-13-29)30-14-8-4-9-15-30/h3-24H,25H2,2H3. The topological polar surface area (TPSA) is 40.6 Å². The number of anilines is 2. The van der Waals surface area contributed by atoms with E-state index in [4.69, 9.17) is 11.3 Å². The minimum Gasteiger partial charge on any atom is -0.478 e. The van der Waals surface area contributed by atoms with Crippen molar-refractivity contribution < 1.29 is 4.74 Å². The number of rotatable bonds is 6. The van der Waals surface area contributed by atoms with Gasteiger partial charge in [-0.15, -0.1) is 0 Å². The molecule has 1 heterocycles. The van der Waals surface area contributed by atoms with Crippen LogP contribution in [0.3, 0.4) is 0 Å². The zero-order chi connectivity index (χ0) is 27.1. The van der Waals surface area contributed by atoms with E-state index in [-0.39, 0.29) is 5.70 Å². The Morgan fingerprint density at radius 3 is 1.90 bits per heavy atom. The van der Waals surface area contributed by atoms with E-state index >= 15 is 0 Å². The van der Waals surface area contributed by atoms with Crippen LogP contribution < -0.4 is 4.90 Å². The molecular formula is C35H27N3O. The quantitative estimate of drug-likeness (QED) is 0.195. The van der Waals surface area contributed by atoms with Gasteiger partial charge >= 0.3 is 0 Å². The van der Waals surface area contributed by atoms with Gasteiger partial charge in [0.15, 0.2) is 5.60 Å². The summed E-state index contributed by atoms with van der Waals surface area (Å²) in [4.78, 5) is 5.66. The van der Waals surface area contributed by atoms with Crippen molar-refractivity contribution >= 4 is 17.5 Å². The second-order valence-corrected chi connectivity index (χ2v) is 9.30. The van der Waals surface area contributed by atoms with Gasteiger partial charge in [0.25, 0.3) is 5.70 Å². The second-order valence-electron chi connectivity index (χ2n) is 9.30. The van der Waals surface area contributed by atoms with E-state index in [0.29, 0.717) is 17.8 Å². The van der Waals surface area contributed by atoms with Crippen LogP contribution in [0.25, 0.3) is 10.9 Å². The van der Waals surface area contributed by atoms with Crippen LogP contribution in [0.15, 0.2) is 144 Å². The van der Waals surface area contributed by atoms with E-state index in [1.54, 1.807) is 0 Å². The average Bonchev–Trinajstić information content (AvgIpc) is 3.02. The highest BCUT2D eigenvalue weighted by atomic mass is 16.5. The van der Waals surface area contributed by atoms with E-state index in [2.05, 4.69) is 52.2 Å². The Balaban J connectivity index is 1.51. The lowest BCUT2D eigenvalue weighted by atomic mass is 9.79. The summed E-state index contributed by atoms with van der Waals surface area (Å²) in [6.45, 7) is 7.61. The normalized spacial score (nSPS) is 15.4. The summed E-state index contributed by atoms with van der Waals surface area (Å²) < 4.78 is 6.78. The molecular weight excluding hydrogens is 478 g/mol. The molecule has 39 heavy (non-hydrogen) atoms. The van der Waals surface area contributed by atoms with Crippen molar-refractivity contribution in [2.75, 3.05) is 11.9 Å². The number of ether oxygens (including phenoxy) is 1. The maximum atomic E-state index is 9.72. The van der Waals surface area contributed by atoms with Crippen molar-refractivity contribution in [2.45, 2.75) is 12.0 Å². The van der Waals surface area contributed by atoms with Crippen LogP contribution in [0.1, 0.15) is 23.1 Å². The smallest absolute Gasteiger partial charge is 0.265 e. The van der Waals surface area contributed by atoms with Crippen molar-refractivity contribution in [3.05, 3.63) is 173 Å². The average molecular weight is 506 g/mol. The fraction of sp³-hybridized carbons (Fsp3) is 0.0857. The molecule has 1 aliphatic heterocycles. The molecule has 0 unspecified atom stereocenters. The van der Waals surface area contributed by atoms with Crippen molar-refractivity contribution in [1.82, 2.24) is 0 Å². The highest BCUT2D eigenvalue weighted by molar-refractivity contribution is 5.65. The number of hydrogen-bond acceptors (Lipinski definition) is 3. The molecule has 0 fully saturated rings. The summed E-state index contributed by atoms with van der Waals surface area (Å²) >= 11 is 0. The first-order chi connectivity index (χ1) is 19.1. The van der Waals surface area contributed by atoms with Gasteiger partial charge in [0, 0.05) is 36.0 Å². The van der Waals surface area contributed by atoms with Crippen LogP contribution in [0.4, 0.5) is 11.4 Å². The minimum absolute atomic E-state index is 0.0775. The number of allylic oxidation sites excluding steroid dienone is 3. The molecule has 4 aromatic rings. The zero-order valence-corrected chi connectivity index (χ0v) is 21.7. The first-order valence-electron chi connectivity index (χ1n) is 12.7. The molecule has 0 N–H and O–H groups in total. The number of hydrogen-bond donors (Lipinski definition) is 0. The van der Waals surface area contributed by atoms with E-state index < -0.39 is 5.60 Å². The third kappa shape index (κ3) is 5.37. The molecule has 0 aromatic heterocycles. The van der Waals surface area contributed by atoms with Crippen molar-refractivity contribution in [3.63, 3.8) is 0 Å². The number of nitriles is 1. The lowest BCUT2D eigenvalue weighted by Gasteiger charge is -2.39. The fourth-order valence-corrected chi connectivity index (χ4v) is 4.85. The lowest BCUT2D eigenvalue weighted by molar-refractivity contribution is 0.0348. The van der Waals surface area contributed by atoms with Crippen LogP contribution in [0, 0.1) is 17.9 Å². The van der Waals surface area contributed by atoms with Gasteiger partial charge in [-0.05, 0) is 47.6 Å². The molecule has 0 bridgehead atoms. The summed E-state index contributed by atoms with van der Waals surface area (Å²) in [6, 6.07) is 40.6. The molecule has 0 spiro atoms. The number of nitrogens with zero attached hydrogens (tertiary/aromatic N) is 3. The Hall–Kier alpha value is -5.32. The van der Waals surface area contributed by atoms with Crippen LogP contribution in [-0.2, 0) is 10.3 Å². The molecule has 0 aliphatic carbocycles. The molecule has 188 valence electrons. The third-order valence-corrected chi connectivity index (χ3v) is 6.91. The maximum absolute atomic E-state index is 9.72. The van der Waals surface area contributed by atoms with Gasteiger partial charge in [-0.1, -0.05) is 97.1 Å². The summed E-state index contributed by atoms with van der Waals surface area (Å²) in [5.74, 6) is 0.589. The van der Waals surface area contributed by atoms with Crippen molar-refractivity contribution in [1.29, 1.82) is 5.26 Å². The van der Waals surface area contributed by atoms with E-state index in [1.807, 2.05) is 104 Å². The van der Waals surface area contributed by atoms with Crippen LogP contribution in [-0.4, -0.2) is 7.05 Å². The molecule has 0 amide bonds. The Bertz CT molecular complexity index is 1550. The first kappa shape index (κ1) is 25.3. The van der Waals surface area contributed by atoms with Gasteiger partial charge in [0.2, 0.25) is 0 Å². The monoisotopic (exact) mass is 505 g/mol. The molecule has 0 saturated heterocycles.